The third kappa shape index (κ3) is 3.22. The van der Waals surface area contributed by atoms with E-state index in [1.54, 1.807) is 0 Å². The van der Waals surface area contributed by atoms with E-state index in [0.717, 1.165) is 16.5 Å². The minimum Gasteiger partial charge on any atom is -0.477 e. The normalized spacial score (nSPS) is 22.1. The molecule has 0 spiro atoms. The number of aromatic nitrogens is 1. The largest absolute Gasteiger partial charge is 0.477 e. The predicted octanol–water partition coefficient (Wildman–Crippen LogP) is 0.962. The Bertz CT molecular complexity index is 1060. The summed E-state index contributed by atoms with van der Waals surface area (Å²) in [6.07, 6.45) is 3.59. The number of β-lactam (4-membered cyclic amide) rings is 1. The van der Waals surface area contributed by atoms with Crippen molar-refractivity contribution in [3.8, 4) is 0 Å². The molecule has 29 heavy (non-hydrogen) atoms. The molecule has 9 heteroatoms. The van der Waals surface area contributed by atoms with Gasteiger partial charge in [0, 0.05) is 22.9 Å². The molecule has 0 bridgehead atoms. The quantitative estimate of drug-likeness (QED) is 0.523. The van der Waals surface area contributed by atoms with Crippen LogP contribution < -0.4 is 11.1 Å². The molecule has 0 unspecified atom stereocenters. The van der Waals surface area contributed by atoms with Gasteiger partial charge in [0.1, 0.15) is 17.1 Å². The number of H-pyrrole nitrogens is 1. The number of carboxylic acid groups (broad SMARTS) is 1. The monoisotopic (exact) mass is 412 g/mol. The Kier molecular flexibility index (Phi) is 4.93. The second-order valence-electron chi connectivity index (χ2n) is 6.95. The van der Waals surface area contributed by atoms with Crippen LogP contribution >= 0.6 is 11.8 Å². The van der Waals surface area contributed by atoms with Crippen molar-refractivity contribution in [1.29, 1.82) is 0 Å². The highest BCUT2D eigenvalue weighted by atomic mass is 32.2. The van der Waals surface area contributed by atoms with Gasteiger partial charge in [0.25, 0.3) is 5.91 Å². The molecule has 3 atom stereocenters. The number of allylic oxidation sites excluding steroid dienone is 1. The van der Waals surface area contributed by atoms with Crippen LogP contribution in [-0.2, 0) is 20.8 Å². The average molecular weight is 412 g/mol. The molecule has 2 aromatic rings. The number of thioether (sulfide) groups is 1. The first kappa shape index (κ1) is 19.3. The first-order valence-corrected chi connectivity index (χ1v) is 10.1. The van der Waals surface area contributed by atoms with Crippen LogP contribution in [-0.4, -0.2) is 56.0 Å². The van der Waals surface area contributed by atoms with Crippen LogP contribution in [0.3, 0.4) is 0 Å². The fourth-order valence-electron chi connectivity index (χ4n) is 3.69. The van der Waals surface area contributed by atoms with Gasteiger partial charge in [-0.15, -0.1) is 11.8 Å². The van der Waals surface area contributed by atoms with Crippen LogP contribution in [0.2, 0.25) is 0 Å². The fourth-order valence-corrected chi connectivity index (χ4v) is 5.03. The van der Waals surface area contributed by atoms with Crippen molar-refractivity contribution >= 4 is 40.4 Å². The number of aliphatic carboxylic acids is 1. The number of benzene rings is 1. The number of rotatable bonds is 6. The summed E-state index contributed by atoms with van der Waals surface area (Å²) in [5.41, 5.74) is 8.39. The summed E-state index contributed by atoms with van der Waals surface area (Å²) >= 11 is 1.39. The number of carbonyl (C=O) groups excluding carboxylic acids is 2. The van der Waals surface area contributed by atoms with Gasteiger partial charge in [-0.05, 0) is 23.6 Å². The molecule has 1 fully saturated rings. The maximum absolute atomic E-state index is 12.6. The Balaban J connectivity index is 1.44. The Morgan fingerprint density at radius 1 is 1.45 bits per heavy atom. The summed E-state index contributed by atoms with van der Waals surface area (Å²) in [5, 5.41) is 12.7. The van der Waals surface area contributed by atoms with Crippen molar-refractivity contribution in [3.63, 3.8) is 0 Å². The average Bonchev–Trinajstić information content (AvgIpc) is 3.13. The fraction of sp³-hybridized carbons (Fsp3) is 0.250. The molecule has 5 N–H and O–H groups in total. The predicted molar refractivity (Wildman–Crippen MR) is 110 cm³/mol. The third-order valence-corrected chi connectivity index (χ3v) is 6.50. The molecule has 1 saturated heterocycles. The van der Waals surface area contributed by atoms with Gasteiger partial charge in [-0.3, -0.25) is 14.5 Å². The van der Waals surface area contributed by atoms with Crippen molar-refractivity contribution in [2.24, 2.45) is 5.73 Å². The highest BCUT2D eigenvalue weighted by molar-refractivity contribution is 8.00. The van der Waals surface area contributed by atoms with E-state index in [4.69, 9.17) is 5.73 Å². The van der Waals surface area contributed by atoms with Crippen molar-refractivity contribution in [2.45, 2.75) is 23.9 Å². The number of amides is 2. The summed E-state index contributed by atoms with van der Waals surface area (Å²) in [7, 11) is 0. The lowest BCUT2D eigenvalue weighted by Gasteiger charge is -2.49. The van der Waals surface area contributed by atoms with Gasteiger partial charge in [0.15, 0.2) is 0 Å². The van der Waals surface area contributed by atoms with Crippen LogP contribution in [0, 0.1) is 0 Å². The Labute approximate surface area is 170 Å². The second-order valence-corrected chi connectivity index (χ2v) is 8.05. The van der Waals surface area contributed by atoms with Crippen molar-refractivity contribution < 1.29 is 19.5 Å². The molecular weight excluding hydrogens is 392 g/mol. The van der Waals surface area contributed by atoms with Crippen molar-refractivity contribution in [2.75, 3.05) is 5.75 Å². The molecule has 0 saturated carbocycles. The summed E-state index contributed by atoms with van der Waals surface area (Å²) < 4.78 is 0. The van der Waals surface area contributed by atoms with E-state index in [1.807, 2.05) is 30.5 Å². The molecule has 0 radical (unpaired) electrons. The zero-order valence-corrected chi connectivity index (χ0v) is 16.2. The third-order valence-electron chi connectivity index (χ3n) is 5.20. The van der Waals surface area contributed by atoms with Crippen LogP contribution in [0.4, 0.5) is 0 Å². The topological polar surface area (TPSA) is 129 Å². The van der Waals surface area contributed by atoms with Gasteiger partial charge >= 0.3 is 5.97 Å². The summed E-state index contributed by atoms with van der Waals surface area (Å²) in [6.45, 7) is 3.61. The molecule has 2 aliphatic heterocycles. The number of nitrogens with one attached hydrogen (secondary N) is 2. The lowest BCUT2D eigenvalue weighted by Crippen LogP contribution is -2.71. The number of carboxylic acids is 1. The van der Waals surface area contributed by atoms with Gasteiger partial charge in [-0.2, -0.15) is 0 Å². The molecule has 4 rings (SSSR count). The van der Waals surface area contributed by atoms with E-state index in [1.165, 1.54) is 22.7 Å². The lowest BCUT2D eigenvalue weighted by atomic mass is 10.0. The van der Waals surface area contributed by atoms with Crippen LogP contribution in [0.5, 0.6) is 0 Å². The smallest absolute Gasteiger partial charge is 0.352 e. The molecule has 150 valence electrons. The summed E-state index contributed by atoms with van der Waals surface area (Å²) in [5.74, 6) is -1.66. The molecule has 1 aromatic carbocycles. The zero-order chi connectivity index (χ0) is 20.7. The van der Waals surface area contributed by atoms with Crippen LogP contribution in [0.25, 0.3) is 10.9 Å². The summed E-state index contributed by atoms with van der Waals surface area (Å²) in [4.78, 5) is 41.1. The number of aromatic amines is 1. The van der Waals surface area contributed by atoms with Gasteiger partial charge in [0.2, 0.25) is 5.91 Å². The number of para-hydroxylation sites is 1. The minimum absolute atomic E-state index is 0.0673. The SMILES string of the molecule is C=CC1=C(C(=O)O)N2C(=O)[C@@H](NC(=O)[C@@H](N)Cc3c[nH]c4ccccc34)[C@H]2SC1. The number of carbonyl (C=O) groups is 3. The van der Waals surface area contributed by atoms with E-state index in [-0.39, 0.29) is 5.70 Å². The van der Waals surface area contributed by atoms with E-state index in [0.29, 0.717) is 17.7 Å². The zero-order valence-electron chi connectivity index (χ0n) is 15.4. The molecule has 0 aliphatic carbocycles. The van der Waals surface area contributed by atoms with Crippen molar-refractivity contribution in [1.82, 2.24) is 15.2 Å². The standard InChI is InChI=1S/C20H20N4O4S/c1-2-10-9-29-19-15(18(26)24(19)16(10)20(27)28)23-17(25)13(21)7-11-8-22-14-6-4-3-5-12(11)14/h2-6,8,13,15,19,22H,1,7,9,21H2,(H,23,25)(H,27,28)/t13-,15+,19+/m0/s1. The molecule has 1 aromatic heterocycles. The van der Waals surface area contributed by atoms with Gasteiger partial charge < -0.3 is 21.1 Å². The van der Waals surface area contributed by atoms with Crippen LogP contribution in [0.1, 0.15) is 5.56 Å². The molecule has 2 aliphatic rings. The van der Waals surface area contributed by atoms with E-state index in [9.17, 15) is 19.5 Å². The minimum atomic E-state index is -1.18. The molecule has 3 heterocycles. The van der Waals surface area contributed by atoms with Crippen LogP contribution in [0.15, 0.2) is 54.4 Å². The second kappa shape index (κ2) is 7.41. The van der Waals surface area contributed by atoms with Gasteiger partial charge in [-0.1, -0.05) is 30.9 Å². The first-order valence-electron chi connectivity index (χ1n) is 9.07. The number of fused-ring (bicyclic) bond motifs is 2. The maximum Gasteiger partial charge on any atom is 0.352 e. The Hall–Kier alpha value is -3.04. The highest BCUT2D eigenvalue weighted by Crippen LogP contribution is 2.40. The Morgan fingerprint density at radius 2 is 2.21 bits per heavy atom. The van der Waals surface area contributed by atoms with Crippen molar-refractivity contribution in [3.05, 3.63) is 60.0 Å². The number of nitrogens with zero attached hydrogens (tertiary/aromatic N) is 1. The first-order chi connectivity index (χ1) is 13.9. The lowest BCUT2D eigenvalue weighted by molar-refractivity contribution is -0.150. The number of nitrogens with two attached hydrogens (primary N) is 1. The summed E-state index contributed by atoms with van der Waals surface area (Å²) in [6, 6.07) is 6.11. The van der Waals surface area contributed by atoms with Gasteiger partial charge in [0.05, 0.1) is 6.04 Å². The van der Waals surface area contributed by atoms with E-state index < -0.39 is 35.2 Å². The Morgan fingerprint density at radius 3 is 2.93 bits per heavy atom. The van der Waals surface area contributed by atoms with E-state index in [2.05, 4.69) is 16.9 Å². The maximum atomic E-state index is 12.6. The molecule has 8 nitrogen and oxygen atoms in total. The number of hydrogen-bond donors (Lipinski definition) is 4. The highest BCUT2D eigenvalue weighted by Gasteiger charge is 2.54. The molecule has 2 amide bonds. The van der Waals surface area contributed by atoms with E-state index >= 15 is 0 Å². The molecular formula is C20H20N4O4S. The van der Waals surface area contributed by atoms with Gasteiger partial charge in [-0.25, -0.2) is 4.79 Å². The number of hydrogen-bond acceptors (Lipinski definition) is 5.